The van der Waals surface area contributed by atoms with E-state index in [0.29, 0.717) is 0 Å². The lowest BCUT2D eigenvalue weighted by Gasteiger charge is -2.20. The van der Waals surface area contributed by atoms with E-state index in [9.17, 15) is 0 Å². The molecule has 0 saturated heterocycles. The van der Waals surface area contributed by atoms with Crippen molar-refractivity contribution >= 4 is 0 Å². The Morgan fingerprint density at radius 1 is 0.867 bits per heavy atom. The molecule has 0 N–H and O–H groups in total. The first-order valence-electron chi connectivity index (χ1n) is 5.63. The molecule has 1 heteroatoms. The van der Waals surface area contributed by atoms with Crippen molar-refractivity contribution in [1.82, 2.24) is 0 Å². The van der Waals surface area contributed by atoms with Crippen molar-refractivity contribution in [2.75, 3.05) is 0 Å². The molecule has 0 aliphatic carbocycles. The summed E-state index contributed by atoms with van der Waals surface area (Å²) < 4.78 is 2.25. The Bertz CT molecular complexity index is 351. The van der Waals surface area contributed by atoms with Crippen LogP contribution in [0, 0.1) is 0 Å². The summed E-state index contributed by atoms with van der Waals surface area (Å²) in [6, 6.07) is 4.50. The largest absolute Gasteiger partial charge is 0.204 e. The third kappa shape index (κ3) is 2.80. The van der Waals surface area contributed by atoms with E-state index in [0.717, 1.165) is 0 Å². The first-order valence-corrected chi connectivity index (χ1v) is 5.63. The first-order chi connectivity index (χ1) is 6.62. The van der Waals surface area contributed by atoms with E-state index in [2.05, 4.69) is 71.5 Å². The molecule has 0 aliphatic rings. The number of aryl methyl sites for hydroxylation is 1. The number of rotatable bonds is 0. The summed E-state index contributed by atoms with van der Waals surface area (Å²) in [6.07, 6.45) is 2.25. The van der Waals surface area contributed by atoms with Crippen molar-refractivity contribution < 1.29 is 4.57 Å². The zero-order valence-electron chi connectivity index (χ0n) is 11.2. The molecule has 0 amide bonds. The second-order valence-corrected chi connectivity index (χ2v) is 6.41. The lowest BCUT2D eigenvalue weighted by molar-refractivity contribution is -0.683. The van der Waals surface area contributed by atoms with Gasteiger partial charge >= 0.3 is 0 Å². The van der Waals surface area contributed by atoms with E-state index in [1.807, 2.05) is 0 Å². The molecule has 1 aromatic rings. The smallest absolute Gasteiger partial charge is 0.186 e. The van der Waals surface area contributed by atoms with Crippen LogP contribution in [0.3, 0.4) is 0 Å². The molecule has 0 radical (unpaired) electrons. The molecule has 0 unspecified atom stereocenters. The molecule has 1 aromatic heterocycles. The van der Waals surface area contributed by atoms with E-state index < -0.39 is 0 Å². The van der Waals surface area contributed by atoms with Crippen LogP contribution >= 0.6 is 0 Å². The Morgan fingerprint density at radius 3 is 1.73 bits per heavy atom. The molecule has 1 heterocycles. The van der Waals surface area contributed by atoms with Gasteiger partial charge in [-0.25, -0.2) is 4.57 Å². The molecule has 15 heavy (non-hydrogen) atoms. The van der Waals surface area contributed by atoms with Gasteiger partial charge in [0.1, 0.15) is 7.05 Å². The van der Waals surface area contributed by atoms with Crippen LogP contribution in [-0.2, 0) is 17.9 Å². The molecule has 1 rings (SSSR count). The fourth-order valence-corrected chi connectivity index (χ4v) is 1.83. The van der Waals surface area contributed by atoms with Crippen LogP contribution in [0.15, 0.2) is 18.3 Å². The quantitative estimate of drug-likeness (QED) is 0.574. The summed E-state index contributed by atoms with van der Waals surface area (Å²) in [5.41, 5.74) is 3.20. The van der Waals surface area contributed by atoms with Crippen molar-refractivity contribution in [3.8, 4) is 0 Å². The summed E-state index contributed by atoms with van der Waals surface area (Å²) >= 11 is 0. The van der Waals surface area contributed by atoms with Gasteiger partial charge in [-0.15, -0.1) is 0 Å². The summed E-state index contributed by atoms with van der Waals surface area (Å²) in [5, 5.41) is 0. The van der Waals surface area contributed by atoms with Gasteiger partial charge in [0.05, 0.1) is 0 Å². The highest BCUT2D eigenvalue weighted by Gasteiger charge is 2.25. The SMILES string of the molecule is C[n+]1cc(C(C)(C)C)ccc1C(C)(C)C. The minimum absolute atomic E-state index is 0.213. The van der Waals surface area contributed by atoms with Crippen LogP contribution in [0.5, 0.6) is 0 Å². The highest BCUT2D eigenvalue weighted by molar-refractivity contribution is 5.20. The minimum Gasteiger partial charge on any atom is -0.204 e. The maximum atomic E-state index is 2.25. The van der Waals surface area contributed by atoms with Crippen LogP contribution in [0.25, 0.3) is 0 Å². The average molecular weight is 206 g/mol. The van der Waals surface area contributed by atoms with Gasteiger partial charge < -0.3 is 0 Å². The predicted octanol–water partition coefficient (Wildman–Crippen LogP) is 3.11. The van der Waals surface area contributed by atoms with Gasteiger partial charge in [-0.05, 0) is 11.5 Å². The van der Waals surface area contributed by atoms with Gasteiger partial charge in [0, 0.05) is 17.0 Å². The molecule has 0 atom stereocenters. The maximum absolute atomic E-state index is 2.25. The fraction of sp³-hybridized carbons (Fsp3) is 0.643. The topological polar surface area (TPSA) is 3.88 Å². The number of pyridine rings is 1. The second-order valence-electron chi connectivity index (χ2n) is 6.41. The molecule has 0 aromatic carbocycles. The third-order valence-electron chi connectivity index (χ3n) is 2.77. The third-order valence-corrected chi connectivity index (χ3v) is 2.77. The van der Waals surface area contributed by atoms with Gasteiger partial charge in [-0.1, -0.05) is 41.5 Å². The Labute approximate surface area is 94.1 Å². The summed E-state index contributed by atoms with van der Waals surface area (Å²) in [5.74, 6) is 0. The molecule has 0 spiro atoms. The van der Waals surface area contributed by atoms with Crippen LogP contribution < -0.4 is 4.57 Å². The highest BCUT2D eigenvalue weighted by Crippen LogP contribution is 2.23. The molecular formula is C14H24N+. The summed E-state index contributed by atoms with van der Waals surface area (Å²) in [4.78, 5) is 0. The Kier molecular flexibility index (Phi) is 2.95. The van der Waals surface area contributed by atoms with Gasteiger partial charge in [-0.2, -0.15) is 0 Å². The molecule has 1 nitrogen and oxygen atoms in total. The number of hydrogen-bond donors (Lipinski definition) is 0. The zero-order valence-corrected chi connectivity index (χ0v) is 11.2. The molecule has 0 bridgehead atoms. The van der Waals surface area contributed by atoms with E-state index in [1.165, 1.54) is 11.3 Å². The standard InChI is InChI=1S/C14H24N/c1-13(2,3)11-8-9-12(14(4,5)6)15(7)10-11/h8-10H,1-7H3/q+1. The molecular weight excluding hydrogens is 182 g/mol. The molecule has 84 valence electrons. The maximum Gasteiger partial charge on any atom is 0.186 e. The lowest BCUT2D eigenvalue weighted by Crippen LogP contribution is -2.40. The van der Waals surface area contributed by atoms with Gasteiger partial charge in [0.25, 0.3) is 0 Å². The molecule has 0 aliphatic heterocycles. The van der Waals surface area contributed by atoms with Crippen molar-refractivity contribution in [3.63, 3.8) is 0 Å². The fourth-order valence-electron chi connectivity index (χ4n) is 1.83. The zero-order chi connectivity index (χ0) is 11.9. The molecule has 0 fully saturated rings. The Hall–Kier alpha value is -0.850. The average Bonchev–Trinajstić information content (AvgIpc) is 1.99. The van der Waals surface area contributed by atoms with Crippen molar-refractivity contribution in [2.45, 2.75) is 52.4 Å². The second kappa shape index (κ2) is 3.62. The van der Waals surface area contributed by atoms with Crippen molar-refractivity contribution in [2.24, 2.45) is 7.05 Å². The van der Waals surface area contributed by atoms with Crippen LogP contribution in [0.2, 0.25) is 0 Å². The van der Waals surface area contributed by atoms with Gasteiger partial charge in [0.2, 0.25) is 0 Å². The van der Waals surface area contributed by atoms with Crippen molar-refractivity contribution in [1.29, 1.82) is 0 Å². The van der Waals surface area contributed by atoms with E-state index in [1.54, 1.807) is 0 Å². The first kappa shape index (κ1) is 12.2. The lowest BCUT2D eigenvalue weighted by atomic mass is 9.86. The highest BCUT2D eigenvalue weighted by atomic mass is 14.9. The van der Waals surface area contributed by atoms with E-state index in [-0.39, 0.29) is 10.8 Å². The van der Waals surface area contributed by atoms with Gasteiger partial charge in [0.15, 0.2) is 11.9 Å². The van der Waals surface area contributed by atoms with Crippen LogP contribution in [-0.4, -0.2) is 0 Å². The number of hydrogen-bond acceptors (Lipinski definition) is 0. The monoisotopic (exact) mass is 206 g/mol. The summed E-state index contributed by atoms with van der Waals surface area (Å²) in [6.45, 7) is 13.5. The normalized spacial score (nSPS) is 13.0. The molecule has 0 saturated carbocycles. The Morgan fingerprint density at radius 2 is 1.40 bits per heavy atom. The van der Waals surface area contributed by atoms with E-state index in [4.69, 9.17) is 0 Å². The van der Waals surface area contributed by atoms with E-state index >= 15 is 0 Å². The van der Waals surface area contributed by atoms with Crippen LogP contribution in [0.1, 0.15) is 52.8 Å². The minimum atomic E-state index is 0.213. The number of nitrogens with zero attached hydrogens (tertiary/aromatic N) is 1. The summed E-state index contributed by atoms with van der Waals surface area (Å²) in [7, 11) is 2.13. The van der Waals surface area contributed by atoms with Crippen LogP contribution in [0.4, 0.5) is 0 Å². The van der Waals surface area contributed by atoms with Crippen molar-refractivity contribution in [3.05, 3.63) is 29.6 Å². The number of aromatic nitrogens is 1. The Balaban J connectivity index is 3.21. The van der Waals surface area contributed by atoms with Gasteiger partial charge in [-0.3, -0.25) is 0 Å². The predicted molar refractivity (Wildman–Crippen MR) is 65.0 cm³/mol.